The van der Waals surface area contributed by atoms with Crippen LogP contribution in [0.15, 0.2) is 60.0 Å². The lowest BCUT2D eigenvalue weighted by atomic mass is 10.0. The molecular formula is C27H28N4O4S. The standard InChI is InChI=1S/C27H28N4O4S/c1-17(32)31(14-13-30(2)3)20-10-8-19(9-11-20)28-25(23-6-5-15-36-23)24-21-12-7-18(27(34)35-4)16-22(21)29-26(24)33/h5-12,15-16,28H,13-14H2,1-4H3,(H,29,33). The zero-order valence-corrected chi connectivity index (χ0v) is 21.4. The lowest BCUT2D eigenvalue weighted by Gasteiger charge is -2.23. The van der Waals surface area contributed by atoms with Crippen LogP contribution in [0.25, 0.3) is 11.3 Å². The van der Waals surface area contributed by atoms with Crippen LogP contribution in [0.5, 0.6) is 0 Å². The van der Waals surface area contributed by atoms with Gasteiger partial charge in [-0.1, -0.05) is 12.1 Å². The van der Waals surface area contributed by atoms with Crippen molar-refractivity contribution in [2.24, 2.45) is 0 Å². The number of fused-ring (bicyclic) bond motifs is 1. The highest BCUT2D eigenvalue weighted by Crippen LogP contribution is 2.39. The molecule has 0 atom stereocenters. The van der Waals surface area contributed by atoms with Gasteiger partial charge in [0.15, 0.2) is 0 Å². The van der Waals surface area contributed by atoms with Crippen LogP contribution < -0.4 is 15.5 Å². The van der Waals surface area contributed by atoms with Crippen LogP contribution in [-0.2, 0) is 14.3 Å². The lowest BCUT2D eigenvalue weighted by molar-refractivity contribution is -0.116. The summed E-state index contributed by atoms with van der Waals surface area (Å²) in [6.07, 6.45) is 0. The quantitative estimate of drug-likeness (QED) is 0.350. The molecule has 1 aromatic heterocycles. The minimum absolute atomic E-state index is 0.0236. The Morgan fingerprint density at radius 3 is 2.42 bits per heavy atom. The van der Waals surface area contributed by atoms with Crippen molar-refractivity contribution in [2.45, 2.75) is 6.92 Å². The fourth-order valence-electron chi connectivity index (χ4n) is 3.97. The van der Waals surface area contributed by atoms with Crippen LogP contribution in [0, 0.1) is 0 Å². The van der Waals surface area contributed by atoms with E-state index in [9.17, 15) is 14.4 Å². The first-order valence-corrected chi connectivity index (χ1v) is 12.3. The molecule has 2 N–H and O–H groups in total. The Morgan fingerprint density at radius 1 is 1.06 bits per heavy atom. The van der Waals surface area contributed by atoms with Crippen LogP contribution in [0.1, 0.15) is 27.7 Å². The van der Waals surface area contributed by atoms with Gasteiger partial charge in [-0.2, -0.15) is 0 Å². The maximum absolute atomic E-state index is 13.1. The third-order valence-corrected chi connectivity index (χ3v) is 6.69. The molecule has 0 spiro atoms. The highest BCUT2D eigenvalue weighted by molar-refractivity contribution is 7.11. The summed E-state index contributed by atoms with van der Waals surface area (Å²) in [4.78, 5) is 41.9. The Kier molecular flexibility index (Phi) is 7.52. The van der Waals surface area contributed by atoms with Gasteiger partial charge in [-0.25, -0.2) is 4.79 Å². The number of carbonyl (C=O) groups excluding carboxylic acids is 3. The van der Waals surface area contributed by atoms with Crippen molar-refractivity contribution in [1.82, 2.24) is 4.90 Å². The fourth-order valence-corrected chi connectivity index (χ4v) is 4.70. The van der Waals surface area contributed by atoms with Gasteiger partial charge in [-0.15, -0.1) is 11.3 Å². The van der Waals surface area contributed by atoms with Crippen molar-refractivity contribution in [3.05, 3.63) is 76.0 Å². The van der Waals surface area contributed by atoms with Crippen molar-refractivity contribution in [3.63, 3.8) is 0 Å². The van der Waals surface area contributed by atoms with Crippen molar-refractivity contribution in [3.8, 4) is 0 Å². The normalized spacial score (nSPS) is 13.8. The van der Waals surface area contributed by atoms with Gasteiger partial charge in [0.05, 0.1) is 34.5 Å². The third-order valence-electron chi connectivity index (χ3n) is 5.80. The second-order valence-electron chi connectivity index (χ2n) is 8.58. The first-order valence-electron chi connectivity index (χ1n) is 11.4. The summed E-state index contributed by atoms with van der Waals surface area (Å²) in [6.45, 7) is 2.90. The summed E-state index contributed by atoms with van der Waals surface area (Å²) in [5, 5.41) is 8.23. The van der Waals surface area contributed by atoms with Gasteiger partial charge in [0.25, 0.3) is 5.91 Å². The number of amides is 2. The molecule has 2 aromatic carbocycles. The molecule has 0 saturated heterocycles. The maximum Gasteiger partial charge on any atom is 0.337 e. The topological polar surface area (TPSA) is 91.0 Å². The number of anilines is 3. The molecule has 0 bridgehead atoms. The molecule has 8 nitrogen and oxygen atoms in total. The zero-order valence-electron chi connectivity index (χ0n) is 20.6. The number of rotatable bonds is 8. The number of hydrogen-bond donors (Lipinski definition) is 2. The molecule has 1 aliphatic heterocycles. The fraction of sp³-hybridized carbons (Fsp3) is 0.222. The van der Waals surface area contributed by atoms with Crippen LogP contribution in [0.2, 0.25) is 0 Å². The molecule has 0 radical (unpaired) electrons. The second-order valence-corrected chi connectivity index (χ2v) is 9.53. The van der Waals surface area contributed by atoms with Gasteiger partial charge in [-0.05, 0) is 61.9 Å². The largest absolute Gasteiger partial charge is 0.465 e. The van der Waals surface area contributed by atoms with Crippen molar-refractivity contribution in [2.75, 3.05) is 49.8 Å². The Morgan fingerprint density at radius 2 is 1.81 bits per heavy atom. The molecule has 0 saturated carbocycles. The number of nitrogens with one attached hydrogen (secondary N) is 2. The Labute approximate surface area is 214 Å². The summed E-state index contributed by atoms with van der Waals surface area (Å²) in [5.74, 6) is -0.748. The molecule has 2 amide bonds. The first-order chi connectivity index (χ1) is 17.3. The molecule has 9 heteroatoms. The number of thiophene rings is 1. The van der Waals surface area contributed by atoms with E-state index in [4.69, 9.17) is 4.74 Å². The second kappa shape index (κ2) is 10.8. The molecule has 36 heavy (non-hydrogen) atoms. The monoisotopic (exact) mass is 504 g/mol. The predicted octanol–water partition coefficient (Wildman–Crippen LogP) is 4.38. The molecule has 1 aliphatic rings. The Hall–Kier alpha value is -3.95. The molecule has 0 fully saturated rings. The van der Waals surface area contributed by atoms with Gasteiger partial charge in [0.2, 0.25) is 5.91 Å². The summed E-state index contributed by atoms with van der Waals surface area (Å²) >= 11 is 1.51. The number of likely N-dealkylation sites (N-methyl/N-ethyl adjacent to an activating group) is 1. The third kappa shape index (κ3) is 5.32. The molecule has 4 rings (SSSR count). The summed E-state index contributed by atoms with van der Waals surface area (Å²) < 4.78 is 4.80. The number of ether oxygens (including phenoxy) is 1. The van der Waals surface area contributed by atoms with E-state index < -0.39 is 5.97 Å². The van der Waals surface area contributed by atoms with E-state index in [-0.39, 0.29) is 11.8 Å². The van der Waals surface area contributed by atoms with Crippen LogP contribution >= 0.6 is 11.3 Å². The molecule has 3 aromatic rings. The predicted molar refractivity (Wildman–Crippen MR) is 144 cm³/mol. The maximum atomic E-state index is 13.1. The van der Waals surface area contributed by atoms with E-state index in [1.165, 1.54) is 18.4 Å². The lowest BCUT2D eigenvalue weighted by Crippen LogP contribution is -2.35. The highest BCUT2D eigenvalue weighted by atomic mass is 32.1. The van der Waals surface area contributed by atoms with Gasteiger partial charge < -0.3 is 25.2 Å². The highest BCUT2D eigenvalue weighted by Gasteiger charge is 2.29. The minimum atomic E-state index is -0.466. The number of benzene rings is 2. The van der Waals surface area contributed by atoms with Gasteiger partial charge in [0.1, 0.15) is 0 Å². The summed E-state index contributed by atoms with van der Waals surface area (Å²) in [5.41, 5.74) is 4.36. The van der Waals surface area contributed by atoms with Gasteiger partial charge in [-0.3, -0.25) is 9.59 Å². The molecule has 0 aliphatic carbocycles. The van der Waals surface area contributed by atoms with Crippen LogP contribution in [0.3, 0.4) is 0 Å². The number of nitrogens with zero attached hydrogens (tertiary/aromatic N) is 2. The first kappa shape index (κ1) is 25.2. The van der Waals surface area contributed by atoms with Gasteiger partial charge in [0, 0.05) is 37.0 Å². The molecular weight excluding hydrogens is 476 g/mol. The van der Waals surface area contributed by atoms with Gasteiger partial charge >= 0.3 is 5.97 Å². The van der Waals surface area contributed by atoms with E-state index in [1.54, 1.807) is 30.0 Å². The number of hydrogen-bond acceptors (Lipinski definition) is 7. The molecule has 2 heterocycles. The SMILES string of the molecule is COC(=O)c1ccc2c(c1)NC(=O)C2=C(Nc1ccc(N(CCN(C)C)C(C)=O)cc1)c1cccs1. The number of esters is 1. The van der Waals surface area contributed by atoms with E-state index in [2.05, 4.69) is 10.6 Å². The average molecular weight is 505 g/mol. The van der Waals surface area contributed by atoms with E-state index in [0.29, 0.717) is 34.6 Å². The zero-order chi connectivity index (χ0) is 25.8. The Balaban J connectivity index is 1.69. The number of methoxy groups -OCH3 is 1. The minimum Gasteiger partial charge on any atom is -0.465 e. The van der Waals surface area contributed by atoms with E-state index in [1.807, 2.05) is 60.8 Å². The van der Waals surface area contributed by atoms with E-state index >= 15 is 0 Å². The van der Waals surface area contributed by atoms with Crippen molar-refractivity contribution >= 4 is 57.5 Å². The summed E-state index contributed by atoms with van der Waals surface area (Å²) in [7, 11) is 5.26. The smallest absolute Gasteiger partial charge is 0.337 e. The average Bonchev–Trinajstić information content (AvgIpc) is 3.50. The van der Waals surface area contributed by atoms with Crippen molar-refractivity contribution < 1.29 is 19.1 Å². The van der Waals surface area contributed by atoms with Crippen LogP contribution in [0.4, 0.5) is 17.1 Å². The number of carbonyl (C=O) groups is 3. The van der Waals surface area contributed by atoms with Crippen molar-refractivity contribution in [1.29, 1.82) is 0 Å². The van der Waals surface area contributed by atoms with E-state index in [0.717, 1.165) is 22.8 Å². The Bertz CT molecular complexity index is 1310. The van der Waals surface area contributed by atoms with Crippen LogP contribution in [-0.4, -0.2) is 57.0 Å². The molecule has 186 valence electrons. The summed E-state index contributed by atoms with van der Waals surface area (Å²) in [6, 6.07) is 16.5. The molecule has 0 unspecified atom stereocenters.